The van der Waals surface area contributed by atoms with Crippen LogP contribution in [0.1, 0.15) is 55.0 Å². The smallest absolute Gasteiger partial charge is 0.274 e. The number of aliphatic hydroxyl groups is 1. The van der Waals surface area contributed by atoms with Gasteiger partial charge in [-0.3, -0.25) is 15.1 Å². The summed E-state index contributed by atoms with van der Waals surface area (Å²) in [6.45, 7) is 8.25. The van der Waals surface area contributed by atoms with E-state index in [2.05, 4.69) is 15.3 Å². The average molecular weight is 415 g/mol. The van der Waals surface area contributed by atoms with Crippen LogP contribution in [-0.2, 0) is 23.5 Å². The van der Waals surface area contributed by atoms with E-state index in [1.165, 1.54) is 11.3 Å². The van der Waals surface area contributed by atoms with Crippen molar-refractivity contribution >= 4 is 22.4 Å². The van der Waals surface area contributed by atoms with Crippen LogP contribution in [0.3, 0.4) is 0 Å². The second-order valence-electron chi connectivity index (χ2n) is 7.54. The highest BCUT2D eigenvalue weighted by atomic mass is 32.1. The summed E-state index contributed by atoms with van der Waals surface area (Å²) in [6.07, 6.45) is 5.27. The summed E-state index contributed by atoms with van der Waals surface area (Å²) in [6, 6.07) is 5.48. The van der Waals surface area contributed by atoms with Crippen LogP contribution in [0.4, 0.5) is 5.13 Å². The third kappa shape index (κ3) is 5.29. The fourth-order valence-electron chi connectivity index (χ4n) is 3.08. The van der Waals surface area contributed by atoms with Gasteiger partial charge in [-0.2, -0.15) is 0 Å². The van der Waals surface area contributed by atoms with Gasteiger partial charge in [0.15, 0.2) is 5.13 Å². The Labute approximate surface area is 174 Å². The number of nitrogens with zero attached hydrogens (tertiary/aromatic N) is 3. The Balaban J connectivity index is 1.78. The van der Waals surface area contributed by atoms with Crippen molar-refractivity contribution in [2.24, 2.45) is 0 Å². The monoisotopic (exact) mass is 414 g/mol. The standard InChI is InChI=1S/C21H26N4O3S/c1-14(2)28-21(3,4)18-13-29-20(23-18)24-19(27)17-9-16(12-26)11-25(17)10-15-5-7-22-8-6-15/h5-9,11,13-14,26H,10,12H2,1-4H3,(H,23,24,27). The first-order valence-corrected chi connectivity index (χ1v) is 10.3. The maximum Gasteiger partial charge on any atom is 0.274 e. The molecular formula is C21H26N4O3S. The number of nitrogens with one attached hydrogen (secondary N) is 1. The van der Waals surface area contributed by atoms with Crippen LogP contribution in [0.25, 0.3) is 0 Å². The summed E-state index contributed by atoms with van der Waals surface area (Å²) in [5.41, 5.74) is 2.38. The van der Waals surface area contributed by atoms with Gasteiger partial charge in [0.2, 0.25) is 0 Å². The largest absolute Gasteiger partial charge is 0.392 e. The quantitative estimate of drug-likeness (QED) is 0.585. The number of anilines is 1. The molecule has 3 heterocycles. The van der Waals surface area contributed by atoms with E-state index < -0.39 is 5.60 Å². The molecule has 7 nitrogen and oxygen atoms in total. The Hall–Kier alpha value is -2.55. The fraction of sp³-hybridized carbons (Fsp3) is 0.381. The minimum Gasteiger partial charge on any atom is -0.392 e. The zero-order valence-electron chi connectivity index (χ0n) is 17.0. The van der Waals surface area contributed by atoms with Crippen molar-refractivity contribution < 1.29 is 14.6 Å². The number of pyridine rings is 1. The molecule has 3 aromatic heterocycles. The number of aliphatic hydroxyl groups excluding tert-OH is 1. The Kier molecular flexibility index (Phi) is 6.46. The van der Waals surface area contributed by atoms with Crippen LogP contribution in [0.5, 0.6) is 0 Å². The van der Waals surface area contributed by atoms with Crippen molar-refractivity contribution in [2.75, 3.05) is 5.32 Å². The molecule has 154 valence electrons. The summed E-state index contributed by atoms with van der Waals surface area (Å²) >= 11 is 1.36. The molecule has 0 saturated carbocycles. The second-order valence-corrected chi connectivity index (χ2v) is 8.40. The first-order chi connectivity index (χ1) is 13.8. The van der Waals surface area contributed by atoms with E-state index in [4.69, 9.17) is 4.74 Å². The Morgan fingerprint density at radius 3 is 2.69 bits per heavy atom. The summed E-state index contributed by atoms with van der Waals surface area (Å²) in [5.74, 6) is -0.276. The number of hydrogen-bond acceptors (Lipinski definition) is 6. The van der Waals surface area contributed by atoms with E-state index in [1.807, 2.05) is 49.8 Å². The number of ether oxygens (including phenoxy) is 1. The zero-order valence-corrected chi connectivity index (χ0v) is 17.9. The highest BCUT2D eigenvalue weighted by Crippen LogP contribution is 2.29. The highest BCUT2D eigenvalue weighted by molar-refractivity contribution is 7.14. The predicted molar refractivity (Wildman–Crippen MR) is 113 cm³/mol. The van der Waals surface area contributed by atoms with Crippen LogP contribution >= 0.6 is 11.3 Å². The molecule has 0 aliphatic rings. The Morgan fingerprint density at radius 1 is 1.31 bits per heavy atom. The van der Waals surface area contributed by atoms with E-state index in [1.54, 1.807) is 24.7 Å². The van der Waals surface area contributed by atoms with Gasteiger partial charge >= 0.3 is 0 Å². The molecule has 0 aromatic carbocycles. The lowest BCUT2D eigenvalue weighted by Crippen LogP contribution is -2.26. The van der Waals surface area contributed by atoms with E-state index in [0.29, 0.717) is 22.9 Å². The summed E-state index contributed by atoms with van der Waals surface area (Å²) in [4.78, 5) is 21.5. The van der Waals surface area contributed by atoms with Crippen LogP contribution in [-0.4, -0.2) is 31.7 Å². The molecule has 29 heavy (non-hydrogen) atoms. The molecule has 3 rings (SSSR count). The lowest BCUT2D eigenvalue weighted by Gasteiger charge is -2.25. The van der Waals surface area contributed by atoms with Gasteiger partial charge in [-0.15, -0.1) is 11.3 Å². The molecule has 0 aliphatic heterocycles. The molecule has 8 heteroatoms. The number of rotatable bonds is 8. The molecule has 0 spiro atoms. The Bertz CT molecular complexity index is 963. The first kappa shape index (κ1) is 21.2. The second kappa shape index (κ2) is 8.86. The molecule has 3 aromatic rings. The lowest BCUT2D eigenvalue weighted by molar-refractivity contribution is -0.0623. The highest BCUT2D eigenvalue weighted by Gasteiger charge is 2.26. The average Bonchev–Trinajstić information content (AvgIpc) is 3.29. The summed E-state index contributed by atoms with van der Waals surface area (Å²) < 4.78 is 7.74. The molecule has 0 fully saturated rings. The van der Waals surface area contributed by atoms with E-state index in [9.17, 15) is 9.90 Å². The molecule has 2 N–H and O–H groups in total. The lowest BCUT2D eigenvalue weighted by atomic mass is 10.1. The topological polar surface area (TPSA) is 89.3 Å². The first-order valence-electron chi connectivity index (χ1n) is 9.42. The maximum atomic E-state index is 12.9. The number of aromatic nitrogens is 3. The minimum absolute atomic E-state index is 0.0677. The van der Waals surface area contributed by atoms with Crippen molar-refractivity contribution in [1.29, 1.82) is 0 Å². The molecule has 0 aliphatic carbocycles. The third-order valence-corrected chi connectivity index (χ3v) is 5.10. The van der Waals surface area contributed by atoms with Crippen molar-refractivity contribution in [2.45, 2.75) is 52.6 Å². The molecule has 0 saturated heterocycles. The van der Waals surface area contributed by atoms with Crippen LogP contribution in [0, 0.1) is 0 Å². The van der Waals surface area contributed by atoms with Crippen molar-refractivity contribution in [3.05, 3.63) is 64.7 Å². The molecule has 0 radical (unpaired) electrons. The van der Waals surface area contributed by atoms with Gasteiger partial charge in [0.25, 0.3) is 5.91 Å². The van der Waals surface area contributed by atoms with Crippen LogP contribution in [0.2, 0.25) is 0 Å². The SMILES string of the molecule is CC(C)OC(C)(C)c1csc(NC(=O)c2cc(CO)cn2Cc2ccncc2)n1. The van der Waals surface area contributed by atoms with Crippen LogP contribution in [0.15, 0.2) is 42.2 Å². The van der Waals surface area contributed by atoms with E-state index in [0.717, 1.165) is 11.3 Å². The van der Waals surface area contributed by atoms with E-state index in [-0.39, 0.29) is 18.6 Å². The summed E-state index contributed by atoms with van der Waals surface area (Å²) in [7, 11) is 0. The van der Waals surface area contributed by atoms with Gasteiger partial charge in [-0.1, -0.05) is 0 Å². The van der Waals surface area contributed by atoms with Gasteiger partial charge in [-0.25, -0.2) is 4.98 Å². The van der Waals surface area contributed by atoms with Crippen molar-refractivity contribution in [3.63, 3.8) is 0 Å². The van der Waals surface area contributed by atoms with Crippen molar-refractivity contribution in [3.8, 4) is 0 Å². The molecule has 1 amide bonds. The number of amides is 1. The van der Waals surface area contributed by atoms with Gasteiger partial charge in [-0.05, 0) is 57.0 Å². The van der Waals surface area contributed by atoms with Crippen LogP contribution < -0.4 is 5.32 Å². The van der Waals surface area contributed by atoms with Gasteiger partial charge in [0, 0.05) is 30.5 Å². The number of hydrogen-bond donors (Lipinski definition) is 2. The molecular weight excluding hydrogens is 388 g/mol. The fourth-order valence-corrected chi connectivity index (χ4v) is 3.94. The number of thiazole rings is 1. The summed E-state index contributed by atoms with van der Waals surface area (Å²) in [5, 5.41) is 14.8. The molecule has 0 atom stereocenters. The molecule has 0 bridgehead atoms. The van der Waals surface area contributed by atoms with Gasteiger partial charge in [0.1, 0.15) is 11.3 Å². The van der Waals surface area contributed by atoms with Gasteiger partial charge < -0.3 is 14.4 Å². The molecule has 0 unspecified atom stereocenters. The normalized spacial score (nSPS) is 11.8. The van der Waals surface area contributed by atoms with E-state index >= 15 is 0 Å². The zero-order chi connectivity index (χ0) is 21.0. The van der Waals surface area contributed by atoms with Crippen molar-refractivity contribution in [1.82, 2.24) is 14.5 Å². The Morgan fingerprint density at radius 2 is 2.03 bits per heavy atom. The third-order valence-electron chi connectivity index (χ3n) is 4.34. The predicted octanol–water partition coefficient (Wildman–Crippen LogP) is 3.79. The number of carbonyl (C=O) groups is 1. The maximum absolute atomic E-state index is 12.9. The number of carbonyl (C=O) groups excluding carboxylic acids is 1. The van der Waals surface area contributed by atoms with Gasteiger partial charge in [0.05, 0.1) is 18.4 Å². The minimum atomic E-state index is -0.542.